The zero-order chi connectivity index (χ0) is 30.3. The molecule has 1 unspecified atom stereocenters. The van der Waals surface area contributed by atoms with Crippen molar-refractivity contribution in [2.75, 3.05) is 58.3 Å². The second kappa shape index (κ2) is 11.9. The average Bonchev–Trinajstić information content (AvgIpc) is 3.57. The highest BCUT2D eigenvalue weighted by Crippen LogP contribution is 2.47. The number of ether oxygens (including phenoxy) is 2. The number of sulfonamides is 1. The lowest BCUT2D eigenvalue weighted by atomic mass is 10.0. The number of piperazine rings is 1. The highest BCUT2D eigenvalue weighted by atomic mass is 35.5. The molecular formula is C30H34ClFN6O4S. The van der Waals surface area contributed by atoms with Gasteiger partial charge >= 0.3 is 0 Å². The molecule has 2 aliphatic rings. The first-order chi connectivity index (χ1) is 20.7. The molecule has 0 aliphatic carbocycles. The van der Waals surface area contributed by atoms with E-state index in [9.17, 15) is 12.8 Å². The molecule has 0 radical (unpaired) electrons. The highest BCUT2D eigenvalue weighted by molar-refractivity contribution is 7.92. The van der Waals surface area contributed by atoms with E-state index in [1.54, 1.807) is 31.4 Å². The van der Waals surface area contributed by atoms with Crippen LogP contribution in [0.1, 0.15) is 22.7 Å². The van der Waals surface area contributed by atoms with E-state index >= 15 is 0 Å². The summed E-state index contributed by atoms with van der Waals surface area (Å²) in [6, 6.07) is 10.1. The number of rotatable bonds is 9. The number of aromatic nitrogens is 3. The molecule has 13 heteroatoms. The van der Waals surface area contributed by atoms with E-state index in [1.165, 1.54) is 11.4 Å². The second-order valence-electron chi connectivity index (χ2n) is 11.0. The van der Waals surface area contributed by atoms with Crippen LogP contribution in [0, 0.1) is 5.82 Å². The van der Waals surface area contributed by atoms with Gasteiger partial charge in [-0.15, -0.1) is 0 Å². The fourth-order valence-corrected chi connectivity index (χ4v) is 7.91. The molecule has 1 aromatic carbocycles. The number of fused-ring (bicyclic) bond motifs is 2. The van der Waals surface area contributed by atoms with Crippen LogP contribution in [0.15, 0.2) is 48.8 Å². The molecule has 1 saturated heterocycles. The Balaban J connectivity index is 1.46. The van der Waals surface area contributed by atoms with E-state index in [0.29, 0.717) is 34.5 Å². The molecule has 2 aliphatic heterocycles. The number of hydrogen-bond acceptors (Lipinski definition) is 8. The summed E-state index contributed by atoms with van der Waals surface area (Å²) >= 11 is 6.42. The lowest BCUT2D eigenvalue weighted by Gasteiger charge is -2.32. The van der Waals surface area contributed by atoms with Gasteiger partial charge in [-0.05, 0) is 12.6 Å². The third kappa shape index (κ3) is 5.64. The number of nitrogens with zero attached hydrogens (tertiary/aromatic N) is 6. The Morgan fingerprint density at radius 3 is 2.51 bits per heavy atom. The normalized spacial score (nSPS) is 17.9. The maximum atomic E-state index is 14.6. The Morgan fingerprint density at radius 1 is 1.07 bits per heavy atom. The molecule has 0 spiro atoms. The van der Waals surface area contributed by atoms with Crippen molar-refractivity contribution in [3.63, 3.8) is 0 Å². The topological polar surface area (TPSA) is 93.0 Å². The van der Waals surface area contributed by atoms with Gasteiger partial charge in [0.2, 0.25) is 10.0 Å². The van der Waals surface area contributed by atoms with E-state index in [2.05, 4.69) is 26.4 Å². The molecule has 0 amide bonds. The number of hydrogen-bond donors (Lipinski definition) is 0. The fourth-order valence-electron chi connectivity index (χ4n) is 5.95. The Labute approximate surface area is 255 Å². The molecule has 6 rings (SSSR count). The first kappa shape index (κ1) is 29.6. The van der Waals surface area contributed by atoms with Gasteiger partial charge in [0.15, 0.2) is 11.6 Å². The van der Waals surface area contributed by atoms with Gasteiger partial charge in [0.25, 0.3) is 5.88 Å². The molecule has 1 atom stereocenters. The minimum atomic E-state index is -3.99. The van der Waals surface area contributed by atoms with Crippen LogP contribution in [0.5, 0.6) is 11.6 Å². The van der Waals surface area contributed by atoms with Gasteiger partial charge in [-0.1, -0.05) is 41.9 Å². The minimum absolute atomic E-state index is 0.126. The van der Waals surface area contributed by atoms with Gasteiger partial charge in [-0.2, -0.15) is 0 Å². The quantitative estimate of drug-likeness (QED) is 0.273. The van der Waals surface area contributed by atoms with Crippen LogP contribution >= 0.6 is 11.6 Å². The van der Waals surface area contributed by atoms with Crippen LogP contribution in [0.2, 0.25) is 5.02 Å². The number of anilines is 1. The molecule has 0 saturated carbocycles. The van der Waals surface area contributed by atoms with E-state index in [4.69, 9.17) is 26.1 Å². The smallest absolute Gasteiger partial charge is 0.257 e. The number of methoxy groups -OCH3 is 2. The zero-order valence-electron chi connectivity index (χ0n) is 24.3. The average molecular weight is 629 g/mol. The Morgan fingerprint density at radius 2 is 1.81 bits per heavy atom. The summed E-state index contributed by atoms with van der Waals surface area (Å²) in [6.45, 7) is 5.41. The fraction of sp³-hybridized carbons (Fsp3) is 0.400. The van der Waals surface area contributed by atoms with Gasteiger partial charge in [0.05, 0.1) is 48.3 Å². The van der Waals surface area contributed by atoms with Crippen molar-refractivity contribution in [1.29, 1.82) is 0 Å². The predicted molar refractivity (Wildman–Crippen MR) is 164 cm³/mol. The third-order valence-corrected chi connectivity index (χ3v) is 10.4. The van der Waals surface area contributed by atoms with Crippen molar-refractivity contribution in [1.82, 2.24) is 24.3 Å². The summed E-state index contributed by atoms with van der Waals surface area (Å²) in [7, 11) is 1.19. The van der Waals surface area contributed by atoms with Crippen LogP contribution in [0.25, 0.3) is 11.0 Å². The molecule has 43 heavy (non-hydrogen) atoms. The summed E-state index contributed by atoms with van der Waals surface area (Å²) < 4.78 is 57.3. The SMILES string of the molecule is COc1cc2c(nc1OC)c(C1Cc3c(ncc(F)c3Cl)N1S(=O)(=O)Cc1ccccc1)cn2CCN1CCN(C)CC1. The van der Waals surface area contributed by atoms with Crippen molar-refractivity contribution in [2.45, 2.75) is 24.8 Å². The van der Waals surface area contributed by atoms with E-state index < -0.39 is 21.9 Å². The standard InChI is InChI=1S/C30H34ClFN6O4S/c1-35-9-11-36(12-10-35)13-14-37-18-22(28-25(37)16-26(41-2)30(34-28)42-3)24-15-21-27(31)23(32)17-33-29(21)38(24)43(39,40)19-20-7-5-4-6-8-20/h4-8,16-18,24H,9-15,19H2,1-3H3. The Hall–Kier alpha value is -3.45. The monoisotopic (exact) mass is 628 g/mol. The van der Waals surface area contributed by atoms with Crippen molar-refractivity contribution in [3.05, 3.63) is 76.3 Å². The molecule has 1 fully saturated rings. The van der Waals surface area contributed by atoms with Crippen LogP contribution in [-0.2, 0) is 28.7 Å². The predicted octanol–water partition coefficient (Wildman–Crippen LogP) is 4.12. The zero-order valence-corrected chi connectivity index (χ0v) is 25.9. The molecule has 0 bridgehead atoms. The number of halogens is 2. The van der Waals surface area contributed by atoms with Gasteiger partial charge in [-0.25, -0.2) is 27.1 Å². The van der Waals surface area contributed by atoms with Crippen molar-refractivity contribution < 1.29 is 22.3 Å². The lowest BCUT2D eigenvalue weighted by molar-refractivity contribution is 0.150. The van der Waals surface area contributed by atoms with Crippen molar-refractivity contribution in [2.24, 2.45) is 0 Å². The molecule has 5 heterocycles. The minimum Gasteiger partial charge on any atom is -0.491 e. The molecule has 3 aromatic heterocycles. The maximum absolute atomic E-state index is 14.6. The van der Waals surface area contributed by atoms with Crippen LogP contribution < -0.4 is 13.8 Å². The van der Waals surface area contributed by atoms with Gasteiger partial charge < -0.3 is 18.9 Å². The summed E-state index contributed by atoms with van der Waals surface area (Å²) in [5, 5.41) is -0.126. The van der Waals surface area contributed by atoms with E-state index in [1.807, 2.05) is 18.3 Å². The summed E-state index contributed by atoms with van der Waals surface area (Å²) in [5.41, 5.74) is 2.98. The highest BCUT2D eigenvalue weighted by Gasteiger charge is 2.43. The Kier molecular flexibility index (Phi) is 8.20. The summed E-state index contributed by atoms with van der Waals surface area (Å²) in [4.78, 5) is 13.8. The van der Waals surface area contributed by atoms with Crippen LogP contribution in [0.3, 0.4) is 0 Å². The lowest BCUT2D eigenvalue weighted by Crippen LogP contribution is -2.45. The van der Waals surface area contributed by atoms with Crippen molar-refractivity contribution in [3.8, 4) is 11.6 Å². The molecule has 0 N–H and O–H groups in total. The van der Waals surface area contributed by atoms with E-state index in [-0.39, 0.29) is 28.9 Å². The van der Waals surface area contributed by atoms with Gasteiger partial charge in [0, 0.05) is 69.1 Å². The number of pyridine rings is 2. The van der Waals surface area contributed by atoms with Crippen LogP contribution in [0.4, 0.5) is 10.2 Å². The molecule has 228 valence electrons. The first-order valence-corrected chi connectivity index (χ1v) is 16.1. The van der Waals surface area contributed by atoms with Gasteiger partial charge in [0.1, 0.15) is 5.82 Å². The summed E-state index contributed by atoms with van der Waals surface area (Å²) in [5.74, 6) is -0.0700. The third-order valence-electron chi connectivity index (χ3n) is 8.26. The second-order valence-corrected chi connectivity index (χ2v) is 13.2. The molecular weight excluding hydrogens is 595 g/mol. The van der Waals surface area contributed by atoms with E-state index in [0.717, 1.165) is 44.4 Å². The maximum Gasteiger partial charge on any atom is 0.257 e. The first-order valence-electron chi connectivity index (χ1n) is 14.1. The number of benzene rings is 1. The Bertz CT molecular complexity index is 1740. The van der Waals surface area contributed by atoms with Crippen molar-refractivity contribution >= 4 is 38.5 Å². The number of likely N-dealkylation sites (N-methyl/N-ethyl adjacent to an activating group) is 1. The largest absolute Gasteiger partial charge is 0.491 e. The van der Waals surface area contributed by atoms with Gasteiger partial charge in [-0.3, -0.25) is 4.90 Å². The van der Waals surface area contributed by atoms with Crippen LogP contribution in [-0.4, -0.2) is 86.7 Å². The molecule has 4 aromatic rings. The summed E-state index contributed by atoms with van der Waals surface area (Å²) in [6.07, 6.45) is 3.05. The molecule has 10 nitrogen and oxygen atoms in total.